The molecule has 1 aliphatic heterocycles. The van der Waals surface area contributed by atoms with Crippen LogP contribution in [-0.4, -0.2) is 16.3 Å². The maximum atomic E-state index is 4.87. The topological polar surface area (TPSA) is 29.9 Å². The van der Waals surface area contributed by atoms with Crippen LogP contribution in [0.5, 0.6) is 0 Å². The highest BCUT2D eigenvalue weighted by Crippen LogP contribution is 2.34. The molecule has 1 unspecified atom stereocenters. The van der Waals surface area contributed by atoms with E-state index in [0.29, 0.717) is 0 Å². The van der Waals surface area contributed by atoms with Gasteiger partial charge in [-0.05, 0) is 18.9 Å². The van der Waals surface area contributed by atoms with Gasteiger partial charge in [0.1, 0.15) is 0 Å². The molecule has 1 aromatic rings. The summed E-state index contributed by atoms with van der Waals surface area (Å²) in [7, 11) is 0. The molecule has 2 rings (SSSR count). The zero-order valence-electron chi connectivity index (χ0n) is 12.1. The van der Waals surface area contributed by atoms with Gasteiger partial charge in [-0.2, -0.15) is 5.10 Å². The summed E-state index contributed by atoms with van der Waals surface area (Å²) in [6.07, 6.45) is 6.32. The lowest BCUT2D eigenvalue weighted by Crippen LogP contribution is -2.28. The first-order chi connectivity index (χ1) is 8.69. The molecule has 0 saturated heterocycles. The molecule has 1 aliphatic rings. The highest BCUT2D eigenvalue weighted by Gasteiger charge is 2.29. The molecule has 0 fully saturated rings. The van der Waals surface area contributed by atoms with Gasteiger partial charge in [-0.1, -0.05) is 40.0 Å². The summed E-state index contributed by atoms with van der Waals surface area (Å²) in [5.41, 5.74) is 2.95. The molecule has 0 aromatic carbocycles. The maximum absolute atomic E-state index is 4.87. The minimum Gasteiger partial charge on any atom is -0.309 e. The van der Waals surface area contributed by atoms with Crippen molar-refractivity contribution in [1.29, 1.82) is 0 Å². The van der Waals surface area contributed by atoms with E-state index in [4.69, 9.17) is 5.10 Å². The van der Waals surface area contributed by atoms with Gasteiger partial charge in [0.05, 0.1) is 17.9 Å². The van der Waals surface area contributed by atoms with Crippen molar-refractivity contribution in [3.63, 3.8) is 0 Å². The van der Waals surface area contributed by atoms with Crippen molar-refractivity contribution in [2.24, 2.45) is 0 Å². The Morgan fingerprint density at radius 2 is 2.17 bits per heavy atom. The average Bonchev–Trinajstić information content (AvgIpc) is 2.81. The summed E-state index contributed by atoms with van der Waals surface area (Å²) < 4.78 is 2.20. The standard InChI is InChI=1S/C15H27N3/c1-4-6-8-15(3,7-5-2)14-11-13-12-16-9-10-18(13)17-14/h11,16H,4-10,12H2,1-3H3. The van der Waals surface area contributed by atoms with Crippen LogP contribution in [0.2, 0.25) is 0 Å². The van der Waals surface area contributed by atoms with Crippen molar-refractivity contribution in [2.45, 2.75) is 71.4 Å². The molecule has 1 aromatic heterocycles. The average molecular weight is 249 g/mol. The van der Waals surface area contributed by atoms with Crippen LogP contribution in [0.15, 0.2) is 6.07 Å². The second-order valence-corrected chi connectivity index (χ2v) is 5.84. The number of nitrogens with zero attached hydrogens (tertiary/aromatic N) is 2. The Balaban J connectivity index is 2.21. The number of unbranched alkanes of at least 4 members (excludes halogenated alkanes) is 1. The minimum absolute atomic E-state index is 0.273. The molecule has 102 valence electrons. The van der Waals surface area contributed by atoms with E-state index < -0.39 is 0 Å². The fourth-order valence-corrected chi connectivity index (χ4v) is 2.99. The Bertz CT molecular complexity index is 360. The van der Waals surface area contributed by atoms with Gasteiger partial charge >= 0.3 is 0 Å². The molecule has 0 amide bonds. The molecule has 1 N–H and O–H groups in total. The zero-order chi connectivity index (χ0) is 13.0. The normalized spacial score (nSPS) is 18.4. The second kappa shape index (κ2) is 5.87. The molecular formula is C15H27N3. The molecule has 2 heterocycles. The van der Waals surface area contributed by atoms with E-state index in [9.17, 15) is 0 Å². The molecule has 0 spiro atoms. The van der Waals surface area contributed by atoms with Crippen molar-refractivity contribution >= 4 is 0 Å². The number of fused-ring (bicyclic) bond motifs is 1. The summed E-state index contributed by atoms with van der Waals surface area (Å²) in [5.74, 6) is 0. The van der Waals surface area contributed by atoms with Crippen molar-refractivity contribution in [3.05, 3.63) is 17.5 Å². The van der Waals surface area contributed by atoms with E-state index in [1.165, 1.54) is 43.5 Å². The van der Waals surface area contributed by atoms with Gasteiger partial charge in [0.2, 0.25) is 0 Å². The monoisotopic (exact) mass is 249 g/mol. The lowest BCUT2D eigenvalue weighted by atomic mass is 9.78. The van der Waals surface area contributed by atoms with Crippen molar-refractivity contribution in [2.75, 3.05) is 6.54 Å². The van der Waals surface area contributed by atoms with Crippen LogP contribution in [-0.2, 0) is 18.5 Å². The SMILES string of the molecule is CCCCC(C)(CCC)c1cc2n(n1)CCNC2. The van der Waals surface area contributed by atoms with Gasteiger partial charge in [0.15, 0.2) is 0 Å². The highest BCUT2D eigenvalue weighted by atomic mass is 15.3. The van der Waals surface area contributed by atoms with E-state index in [1.54, 1.807) is 0 Å². The van der Waals surface area contributed by atoms with Crippen LogP contribution < -0.4 is 5.32 Å². The molecule has 0 aliphatic carbocycles. The fourth-order valence-electron chi connectivity index (χ4n) is 2.99. The molecule has 0 radical (unpaired) electrons. The van der Waals surface area contributed by atoms with E-state index in [2.05, 4.69) is 36.8 Å². The Kier molecular flexibility index (Phi) is 4.44. The Hall–Kier alpha value is -0.830. The largest absolute Gasteiger partial charge is 0.309 e. The van der Waals surface area contributed by atoms with Crippen molar-refractivity contribution in [1.82, 2.24) is 15.1 Å². The highest BCUT2D eigenvalue weighted by molar-refractivity contribution is 5.20. The Labute approximate surface area is 111 Å². The molecule has 1 atom stereocenters. The van der Waals surface area contributed by atoms with Gasteiger partial charge in [0, 0.05) is 18.5 Å². The van der Waals surface area contributed by atoms with E-state index >= 15 is 0 Å². The summed E-state index contributed by atoms with van der Waals surface area (Å²) >= 11 is 0. The van der Waals surface area contributed by atoms with Gasteiger partial charge < -0.3 is 5.32 Å². The van der Waals surface area contributed by atoms with Gasteiger partial charge in [0.25, 0.3) is 0 Å². The van der Waals surface area contributed by atoms with Crippen LogP contribution in [0.1, 0.15) is 64.3 Å². The number of rotatable bonds is 6. The lowest BCUT2D eigenvalue weighted by Gasteiger charge is -2.27. The third-order valence-corrected chi connectivity index (χ3v) is 4.17. The number of hydrogen-bond acceptors (Lipinski definition) is 2. The second-order valence-electron chi connectivity index (χ2n) is 5.84. The van der Waals surface area contributed by atoms with Gasteiger partial charge in [-0.25, -0.2) is 0 Å². The quantitative estimate of drug-likeness (QED) is 0.839. The molecule has 3 heteroatoms. The van der Waals surface area contributed by atoms with Crippen molar-refractivity contribution in [3.8, 4) is 0 Å². The number of hydrogen-bond donors (Lipinski definition) is 1. The predicted molar refractivity (Wildman–Crippen MR) is 75.7 cm³/mol. The predicted octanol–water partition coefficient (Wildman–Crippen LogP) is 3.23. The molecule has 18 heavy (non-hydrogen) atoms. The summed E-state index contributed by atoms with van der Waals surface area (Å²) in [4.78, 5) is 0. The Morgan fingerprint density at radius 1 is 1.33 bits per heavy atom. The van der Waals surface area contributed by atoms with E-state index in [1.807, 2.05) is 0 Å². The van der Waals surface area contributed by atoms with Gasteiger partial charge in [-0.3, -0.25) is 4.68 Å². The van der Waals surface area contributed by atoms with Crippen LogP contribution in [0.3, 0.4) is 0 Å². The van der Waals surface area contributed by atoms with E-state index in [0.717, 1.165) is 19.6 Å². The molecule has 0 bridgehead atoms. The molecular weight excluding hydrogens is 222 g/mol. The third kappa shape index (κ3) is 2.77. The minimum atomic E-state index is 0.273. The maximum Gasteiger partial charge on any atom is 0.0686 e. The summed E-state index contributed by atoms with van der Waals surface area (Å²) in [6, 6.07) is 2.33. The van der Waals surface area contributed by atoms with Crippen LogP contribution in [0.4, 0.5) is 0 Å². The van der Waals surface area contributed by atoms with Crippen LogP contribution >= 0.6 is 0 Å². The lowest BCUT2D eigenvalue weighted by molar-refractivity contribution is 0.365. The fraction of sp³-hybridized carbons (Fsp3) is 0.800. The van der Waals surface area contributed by atoms with Crippen LogP contribution in [0, 0.1) is 0 Å². The summed E-state index contributed by atoms with van der Waals surface area (Å²) in [6.45, 7) is 9.99. The first kappa shape index (κ1) is 13.6. The first-order valence-electron chi connectivity index (χ1n) is 7.47. The van der Waals surface area contributed by atoms with Crippen molar-refractivity contribution < 1.29 is 0 Å². The zero-order valence-corrected chi connectivity index (χ0v) is 12.1. The smallest absolute Gasteiger partial charge is 0.0686 e. The number of nitrogens with one attached hydrogen (secondary N) is 1. The number of aromatic nitrogens is 2. The van der Waals surface area contributed by atoms with Crippen LogP contribution in [0.25, 0.3) is 0 Å². The van der Waals surface area contributed by atoms with E-state index in [-0.39, 0.29) is 5.41 Å². The Morgan fingerprint density at radius 3 is 2.83 bits per heavy atom. The molecule has 0 saturated carbocycles. The first-order valence-corrected chi connectivity index (χ1v) is 7.47. The summed E-state index contributed by atoms with van der Waals surface area (Å²) in [5, 5.41) is 8.29. The molecule has 3 nitrogen and oxygen atoms in total. The van der Waals surface area contributed by atoms with Gasteiger partial charge in [-0.15, -0.1) is 0 Å². The third-order valence-electron chi connectivity index (χ3n) is 4.17.